The van der Waals surface area contributed by atoms with Crippen LogP contribution < -0.4 is 4.74 Å². The zero-order valence-corrected chi connectivity index (χ0v) is 11.2. The molecule has 0 aliphatic carbocycles. The fraction of sp³-hybridized carbons (Fsp3) is 0.143. The van der Waals surface area contributed by atoms with E-state index < -0.39 is 0 Å². The summed E-state index contributed by atoms with van der Waals surface area (Å²) < 4.78 is 19.3. The molecule has 0 fully saturated rings. The molecule has 0 aliphatic heterocycles. The Labute approximate surface area is 108 Å². The van der Waals surface area contributed by atoms with Crippen molar-refractivity contribution in [2.45, 2.75) is 6.92 Å². The highest BCUT2D eigenvalue weighted by molar-refractivity contribution is 9.10. The van der Waals surface area contributed by atoms with E-state index in [0.29, 0.717) is 10.2 Å². The monoisotopic (exact) mass is 294 g/mol. The molecule has 17 heavy (non-hydrogen) atoms. The van der Waals surface area contributed by atoms with Crippen LogP contribution in [0.4, 0.5) is 4.39 Å². The summed E-state index contributed by atoms with van der Waals surface area (Å²) in [7, 11) is 1.58. The van der Waals surface area contributed by atoms with Gasteiger partial charge < -0.3 is 4.74 Å². The van der Waals surface area contributed by atoms with Crippen LogP contribution in [0.15, 0.2) is 40.9 Å². The van der Waals surface area contributed by atoms with E-state index in [-0.39, 0.29) is 5.82 Å². The predicted octanol–water partition coefficient (Wildman–Crippen LogP) is 4.57. The molecule has 0 saturated heterocycles. The molecule has 1 nitrogen and oxygen atoms in total. The number of ether oxygens (including phenoxy) is 1. The maximum atomic E-state index is 13.4. The zero-order chi connectivity index (χ0) is 12.4. The van der Waals surface area contributed by atoms with Crippen molar-refractivity contribution in [3.8, 4) is 16.9 Å². The predicted molar refractivity (Wildman–Crippen MR) is 70.8 cm³/mol. The third kappa shape index (κ3) is 2.50. The smallest absolute Gasteiger partial charge is 0.141 e. The van der Waals surface area contributed by atoms with Gasteiger partial charge in [0.05, 0.1) is 11.6 Å². The van der Waals surface area contributed by atoms with Gasteiger partial charge >= 0.3 is 0 Å². The minimum absolute atomic E-state index is 0.284. The van der Waals surface area contributed by atoms with Crippen LogP contribution in [0, 0.1) is 12.7 Å². The Bertz CT molecular complexity index is 535. The third-order valence-electron chi connectivity index (χ3n) is 2.58. The highest BCUT2D eigenvalue weighted by atomic mass is 79.9. The topological polar surface area (TPSA) is 9.23 Å². The zero-order valence-electron chi connectivity index (χ0n) is 9.63. The number of rotatable bonds is 2. The lowest BCUT2D eigenvalue weighted by atomic mass is 10.0. The van der Waals surface area contributed by atoms with Gasteiger partial charge in [-0.15, -0.1) is 0 Å². The van der Waals surface area contributed by atoms with Gasteiger partial charge in [-0.25, -0.2) is 4.39 Å². The van der Waals surface area contributed by atoms with Gasteiger partial charge in [-0.05, 0) is 40.5 Å². The van der Waals surface area contributed by atoms with Gasteiger partial charge in [0.25, 0.3) is 0 Å². The summed E-state index contributed by atoms with van der Waals surface area (Å²) in [5.41, 5.74) is 2.86. The molecule has 3 heteroatoms. The van der Waals surface area contributed by atoms with Crippen molar-refractivity contribution in [1.82, 2.24) is 0 Å². The number of aryl methyl sites for hydroxylation is 1. The van der Waals surface area contributed by atoms with E-state index in [0.717, 1.165) is 11.1 Å². The average molecular weight is 295 g/mol. The van der Waals surface area contributed by atoms with E-state index in [1.54, 1.807) is 7.11 Å². The second-order valence-electron chi connectivity index (χ2n) is 3.83. The molecule has 2 rings (SSSR count). The number of hydrogen-bond donors (Lipinski definition) is 0. The summed E-state index contributed by atoms with van der Waals surface area (Å²) in [6, 6.07) is 10.8. The number of methoxy groups -OCH3 is 1. The van der Waals surface area contributed by atoms with Gasteiger partial charge in [0, 0.05) is 5.56 Å². The Morgan fingerprint density at radius 3 is 2.35 bits per heavy atom. The number of benzene rings is 2. The first-order valence-corrected chi connectivity index (χ1v) is 6.01. The fourth-order valence-electron chi connectivity index (χ4n) is 1.72. The first-order valence-electron chi connectivity index (χ1n) is 5.22. The van der Waals surface area contributed by atoms with Crippen molar-refractivity contribution in [3.63, 3.8) is 0 Å². The summed E-state index contributed by atoms with van der Waals surface area (Å²) in [6.07, 6.45) is 0. The van der Waals surface area contributed by atoms with E-state index in [1.807, 2.05) is 31.2 Å². The van der Waals surface area contributed by atoms with Crippen molar-refractivity contribution in [1.29, 1.82) is 0 Å². The molecule has 2 aromatic carbocycles. The maximum Gasteiger partial charge on any atom is 0.141 e. The van der Waals surface area contributed by atoms with Crippen molar-refractivity contribution in [3.05, 3.63) is 52.3 Å². The summed E-state index contributed by atoms with van der Waals surface area (Å²) in [6.45, 7) is 2.02. The molecule has 0 atom stereocenters. The molecule has 0 amide bonds. The van der Waals surface area contributed by atoms with E-state index in [4.69, 9.17) is 4.74 Å². The number of hydrogen-bond acceptors (Lipinski definition) is 1. The van der Waals surface area contributed by atoms with E-state index >= 15 is 0 Å². The standard InChI is InChI=1S/C14H12BrFO/c1-9-3-5-10(6-4-9)12-7-11(16)8-13(15)14(12)17-2/h3-8H,1-2H3. The molecule has 0 bridgehead atoms. The van der Waals surface area contributed by atoms with E-state index in [1.165, 1.54) is 17.7 Å². The van der Waals surface area contributed by atoms with Crippen LogP contribution in [0.1, 0.15) is 5.56 Å². The highest BCUT2D eigenvalue weighted by Crippen LogP contribution is 2.37. The first-order chi connectivity index (χ1) is 8.11. The second-order valence-corrected chi connectivity index (χ2v) is 4.69. The molecule has 88 valence electrons. The third-order valence-corrected chi connectivity index (χ3v) is 3.16. The Balaban J connectivity index is 2.61. The molecule has 0 radical (unpaired) electrons. The van der Waals surface area contributed by atoms with Crippen LogP contribution in [0.3, 0.4) is 0 Å². The quantitative estimate of drug-likeness (QED) is 0.788. The molecule has 2 aromatic rings. The molecule has 0 aliphatic rings. The second kappa shape index (κ2) is 4.88. The average Bonchev–Trinajstić information content (AvgIpc) is 2.29. The van der Waals surface area contributed by atoms with Gasteiger partial charge in [-0.1, -0.05) is 29.8 Å². The van der Waals surface area contributed by atoms with Crippen LogP contribution in [0.25, 0.3) is 11.1 Å². The molecular weight excluding hydrogens is 283 g/mol. The van der Waals surface area contributed by atoms with Gasteiger partial charge in [0.1, 0.15) is 11.6 Å². The fourth-order valence-corrected chi connectivity index (χ4v) is 2.31. The summed E-state index contributed by atoms with van der Waals surface area (Å²) in [4.78, 5) is 0. The Morgan fingerprint density at radius 2 is 1.76 bits per heavy atom. The van der Waals surface area contributed by atoms with Gasteiger partial charge in [0.15, 0.2) is 0 Å². The Hall–Kier alpha value is -1.35. The van der Waals surface area contributed by atoms with E-state index in [9.17, 15) is 4.39 Å². The van der Waals surface area contributed by atoms with Crippen molar-refractivity contribution in [2.75, 3.05) is 7.11 Å². The molecule has 0 unspecified atom stereocenters. The molecule has 0 heterocycles. The summed E-state index contributed by atoms with van der Waals surface area (Å²) in [5, 5.41) is 0. The largest absolute Gasteiger partial charge is 0.495 e. The molecule has 0 aromatic heterocycles. The summed E-state index contributed by atoms with van der Waals surface area (Å²) in [5.74, 6) is 0.364. The molecule has 0 N–H and O–H groups in total. The van der Waals surface area contributed by atoms with Crippen LogP contribution in [-0.2, 0) is 0 Å². The van der Waals surface area contributed by atoms with Crippen LogP contribution >= 0.6 is 15.9 Å². The summed E-state index contributed by atoms with van der Waals surface area (Å²) >= 11 is 3.30. The lowest BCUT2D eigenvalue weighted by molar-refractivity contribution is 0.412. The number of halogens is 2. The van der Waals surface area contributed by atoms with Crippen molar-refractivity contribution in [2.24, 2.45) is 0 Å². The van der Waals surface area contributed by atoms with Crippen molar-refractivity contribution >= 4 is 15.9 Å². The van der Waals surface area contributed by atoms with Gasteiger partial charge in [-0.3, -0.25) is 0 Å². The van der Waals surface area contributed by atoms with Crippen LogP contribution in [0.2, 0.25) is 0 Å². The first kappa shape index (κ1) is 12.1. The molecule has 0 spiro atoms. The Morgan fingerprint density at radius 1 is 1.12 bits per heavy atom. The lowest BCUT2D eigenvalue weighted by Gasteiger charge is -2.11. The molecular formula is C14H12BrFO. The Kier molecular flexibility index (Phi) is 3.48. The lowest BCUT2D eigenvalue weighted by Crippen LogP contribution is -1.91. The van der Waals surface area contributed by atoms with Gasteiger partial charge in [0.2, 0.25) is 0 Å². The van der Waals surface area contributed by atoms with E-state index in [2.05, 4.69) is 15.9 Å². The minimum Gasteiger partial charge on any atom is -0.495 e. The maximum absolute atomic E-state index is 13.4. The normalized spacial score (nSPS) is 10.4. The minimum atomic E-state index is -0.284. The van der Waals surface area contributed by atoms with Crippen molar-refractivity contribution < 1.29 is 9.13 Å². The highest BCUT2D eigenvalue weighted by Gasteiger charge is 2.11. The van der Waals surface area contributed by atoms with Crippen LogP contribution in [0.5, 0.6) is 5.75 Å². The van der Waals surface area contributed by atoms with Crippen LogP contribution in [-0.4, -0.2) is 7.11 Å². The SMILES string of the molecule is COc1c(Br)cc(F)cc1-c1ccc(C)cc1. The van der Waals surface area contributed by atoms with Gasteiger partial charge in [-0.2, -0.15) is 0 Å². The molecule has 0 saturated carbocycles.